The summed E-state index contributed by atoms with van der Waals surface area (Å²) in [5, 5.41) is 0. The Bertz CT molecular complexity index is 622. The van der Waals surface area contributed by atoms with Gasteiger partial charge in [0.1, 0.15) is 0 Å². The Hall–Kier alpha value is -1.12. The highest BCUT2D eigenvalue weighted by Gasteiger charge is 2.13. The first kappa shape index (κ1) is 16.9. The third kappa shape index (κ3) is 5.10. The summed E-state index contributed by atoms with van der Waals surface area (Å²) in [6.07, 6.45) is 1.38. The molecule has 1 rings (SSSR count). The summed E-state index contributed by atoms with van der Waals surface area (Å²) < 4.78 is 51.6. The molecule has 0 spiro atoms. The minimum atomic E-state index is -3.51. The summed E-state index contributed by atoms with van der Waals surface area (Å²) in [5.41, 5.74) is 0.358. The van der Waals surface area contributed by atoms with E-state index in [2.05, 4.69) is 9.44 Å². The Morgan fingerprint density at radius 2 is 1.60 bits per heavy atom. The van der Waals surface area contributed by atoms with Gasteiger partial charge in [0.05, 0.1) is 10.6 Å². The first-order chi connectivity index (χ1) is 9.30. The van der Waals surface area contributed by atoms with Gasteiger partial charge in [0.15, 0.2) is 0 Å². The van der Waals surface area contributed by atoms with Crippen LogP contribution in [0.2, 0.25) is 0 Å². The predicted octanol–water partition coefficient (Wildman–Crippen LogP) is 1.53. The molecular weight excluding hydrogens is 300 g/mol. The highest BCUT2D eigenvalue weighted by molar-refractivity contribution is 7.92. The molecule has 0 unspecified atom stereocenters. The molecule has 6 nitrogen and oxygen atoms in total. The van der Waals surface area contributed by atoms with Gasteiger partial charge in [-0.25, -0.2) is 21.6 Å². The number of hydrogen-bond donors (Lipinski definition) is 2. The Morgan fingerprint density at radius 3 is 2.10 bits per heavy atom. The van der Waals surface area contributed by atoms with Crippen LogP contribution in [0.15, 0.2) is 29.2 Å². The quantitative estimate of drug-likeness (QED) is 0.759. The lowest BCUT2D eigenvalue weighted by atomic mass is 10.3. The second kappa shape index (κ2) is 7.05. The van der Waals surface area contributed by atoms with Crippen LogP contribution in [0.25, 0.3) is 0 Å². The second-order valence-electron chi connectivity index (χ2n) is 4.30. The zero-order valence-corrected chi connectivity index (χ0v) is 13.2. The number of hydrogen-bond acceptors (Lipinski definition) is 4. The molecule has 0 aromatic heterocycles. The summed E-state index contributed by atoms with van der Waals surface area (Å²) in [5.74, 6) is 0.0565. The lowest BCUT2D eigenvalue weighted by molar-refractivity contribution is 0.584. The molecule has 0 amide bonds. The van der Waals surface area contributed by atoms with Crippen molar-refractivity contribution in [3.05, 3.63) is 24.3 Å². The Labute approximate surface area is 120 Å². The van der Waals surface area contributed by atoms with Crippen LogP contribution in [0.5, 0.6) is 0 Å². The van der Waals surface area contributed by atoms with Crippen molar-refractivity contribution >= 4 is 25.7 Å². The van der Waals surface area contributed by atoms with Gasteiger partial charge in [0, 0.05) is 12.2 Å². The molecule has 0 fully saturated rings. The van der Waals surface area contributed by atoms with Crippen molar-refractivity contribution in [2.75, 3.05) is 17.0 Å². The molecule has 1 aromatic rings. The van der Waals surface area contributed by atoms with Crippen molar-refractivity contribution in [1.29, 1.82) is 0 Å². The van der Waals surface area contributed by atoms with Gasteiger partial charge in [-0.3, -0.25) is 4.72 Å². The van der Waals surface area contributed by atoms with E-state index in [-0.39, 0.29) is 10.6 Å². The van der Waals surface area contributed by atoms with Crippen molar-refractivity contribution in [2.45, 2.75) is 31.6 Å². The summed E-state index contributed by atoms with van der Waals surface area (Å²) in [6, 6.07) is 5.62. The predicted molar refractivity (Wildman–Crippen MR) is 79.6 cm³/mol. The van der Waals surface area contributed by atoms with Crippen molar-refractivity contribution in [1.82, 2.24) is 4.72 Å². The lowest BCUT2D eigenvalue weighted by Gasteiger charge is -2.09. The fraction of sp³-hybridized carbons (Fsp3) is 0.500. The van der Waals surface area contributed by atoms with E-state index >= 15 is 0 Å². The summed E-state index contributed by atoms with van der Waals surface area (Å²) in [6.45, 7) is 3.90. The van der Waals surface area contributed by atoms with Crippen LogP contribution in [0.1, 0.15) is 26.7 Å². The van der Waals surface area contributed by atoms with Gasteiger partial charge in [0.25, 0.3) is 0 Å². The van der Waals surface area contributed by atoms with E-state index in [0.717, 1.165) is 6.42 Å². The Kier molecular flexibility index (Phi) is 5.97. The van der Waals surface area contributed by atoms with Gasteiger partial charge in [-0.15, -0.1) is 0 Å². The zero-order valence-electron chi connectivity index (χ0n) is 11.6. The van der Waals surface area contributed by atoms with Gasteiger partial charge >= 0.3 is 0 Å². The zero-order chi connectivity index (χ0) is 15.2. The highest BCUT2D eigenvalue weighted by Crippen LogP contribution is 2.15. The van der Waals surface area contributed by atoms with E-state index in [1.165, 1.54) is 24.3 Å². The SMILES string of the molecule is CCCCS(=O)(=O)Nc1ccc(S(=O)(=O)NCC)cc1. The van der Waals surface area contributed by atoms with E-state index in [9.17, 15) is 16.8 Å². The fourth-order valence-corrected chi connectivity index (χ4v) is 3.85. The molecule has 0 bridgehead atoms. The average molecular weight is 320 g/mol. The smallest absolute Gasteiger partial charge is 0.240 e. The largest absolute Gasteiger partial charge is 0.284 e. The maximum absolute atomic E-state index is 11.7. The van der Waals surface area contributed by atoms with Crippen LogP contribution in [-0.2, 0) is 20.0 Å². The van der Waals surface area contributed by atoms with Crippen LogP contribution in [0.3, 0.4) is 0 Å². The van der Waals surface area contributed by atoms with Gasteiger partial charge in [-0.2, -0.15) is 0 Å². The maximum Gasteiger partial charge on any atom is 0.240 e. The third-order valence-electron chi connectivity index (χ3n) is 2.54. The molecule has 0 saturated heterocycles. The van der Waals surface area contributed by atoms with E-state index < -0.39 is 20.0 Å². The first-order valence-electron chi connectivity index (χ1n) is 6.41. The summed E-state index contributed by atoms with van der Waals surface area (Å²) in [7, 11) is -6.88. The summed E-state index contributed by atoms with van der Waals surface area (Å²) >= 11 is 0. The average Bonchev–Trinajstić information content (AvgIpc) is 2.36. The molecule has 0 heterocycles. The van der Waals surface area contributed by atoms with Gasteiger partial charge in [-0.1, -0.05) is 20.3 Å². The van der Waals surface area contributed by atoms with E-state index in [1.54, 1.807) is 6.92 Å². The van der Waals surface area contributed by atoms with Crippen molar-refractivity contribution in [3.63, 3.8) is 0 Å². The van der Waals surface area contributed by atoms with E-state index in [0.29, 0.717) is 18.7 Å². The van der Waals surface area contributed by atoms with Crippen molar-refractivity contribution in [2.24, 2.45) is 0 Å². The number of benzene rings is 1. The molecule has 114 valence electrons. The molecule has 20 heavy (non-hydrogen) atoms. The molecule has 8 heteroatoms. The molecule has 0 aliphatic carbocycles. The molecular formula is C12H20N2O4S2. The molecule has 2 N–H and O–H groups in total. The Balaban J connectivity index is 2.82. The second-order valence-corrected chi connectivity index (χ2v) is 7.91. The highest BCUT2D eigenvalue weighted by atomic mass is 32.2. The maximum atomic E-state index is 11.7. The van der Waals surface area contributed by atoms with Crippen molar-refractivity contribution in [3.8, 4) is 0 Å². The van der Waals surface area contributed by atoms with Gasteiger partial charge in [-0.05, 0) is 30.7 Å². The number of sulfonamides is 2. The molecule has 0 aliphatic rings. The molecule has 0 radical (unpaired) electrons. The van der Waals surface area contributed by atoms with E-state index in [1.807, 2.05) is 6.92 Å². The van der Waals surface area contributed by atoms with Gasteiger partial charge < -0.3 is 0 Å². The van der Waals surface area contributed by atoms with Crippen LogP contribution in [0.4, 0.5) is 5.69 Å². The van der Waals surface area contributed by atoms with Crippen LogP contribution >= 0.6 is 0 Å². The minimum Gasteiger partial charge on any atom is -0.284 e. The van der Waals surface area contributed by atoms with Crippen LogP contribution in [-0.4, -0.2) is 29.1 Å². The first-order valence-corrected chi connectivity index (χ1v) is 9.54. The number of rotatable bonds is 8. The van der Waals surface area contributed by atoms with Crippen LogP contribution in [0, 0.1) is 0 Å². The third-order valence-corrected chi connectivity index (χ3v) is 5.47. The number of unbranched alkanes of at least 4 members (excludes halogenated alkanes) is 1. The van der Waals surface area contributed by atoms with Crippen molar-refractivity contribution < 1.29 is 16.8 Å². The monoisotopic (exact) mass is 320 g/mol. The molecule has 0 atom stereocenters. The van der Waals surface area contributed by atoms with Gasteiger partial charge in [0.2, 0.25) is 20.0 Å². The Morgan fingerprint density at radius 1 is 1.00 bits per heavy atom. The molecule has 1 aromatic carbocycles. The normalized spacial score (nSPS) is 12.3. The number of nitrogens with one attached hydrogen (secondary N) is 2. The molecule has 0 aliphatic heterocycles. The summed E-state index contributed by atoms with van der Waals surface area (Å²) in [4.78, 5) is 0.107. The van der Waals surface area contributed by atoms with E-state index in [4.69, 9.17) is 0 Å². The van der Waals surface area contributed by atoms with Crippen LogP contribution < -0.4 is 9.44 Å². The minimum absolute atomic E-state index is 0.0565. The standard InChI is InChI=1S/C12H20N2O4S2/c1-3-5-10-19(15,16)14-11-6-8-12(9-7-11)20(17,18)13-4-2/h6-9,13-14H,3-5,10H2,1-2H3. The lowest BCUT2D eigenvalue weighted by Crippen LogP contribution is -2.23. The number of anilines is 1. The topological polar surface area (TPSA) is 92.3 Å². The molecule has 0 saturated carbocycles. The fourth-order valence-electron chi connectivity index (χ4n) is 1.54.